The predicted molar refractivity (Wildman–Crippen MR) is 83.8 cm³/mol. The lowest BCUT2D eigenvalue weighted by Crippen LogP contribution is -2.34. The van der Waals surface area contributed by atoms with Gasteiger partial charge in [0.15, 0.2) is 0 Å². The van der Waals surface area contributed by atoms with Gasteiger partial charge in [-0.2, -0.15) is 5.10 Å². The van der Waals surface area contributed by atoms with Gasteiger partial charge >= 0.3 is 0 Å². The van der Waals surface area contributed by atoms with Gasteiger partial charge in [0.25, 0.3) is 5.56 Å². The third kappa shape index (κ3) is 4.82. The second-order valence-corrected chi connectivity index (χ2v) is 5.77. The zero-order chi connectivity index (χ0) is 15.2. The molecule has 1 unspecified atom stereocenters. The first-order chi connectivity index (χ1) is 10.1. The van der Waals surface area contributed by atoms with E-state index in [4.69, 9.17) is 4.74 Å². The summed E-state index contributed by atoms with van der Waals surface area (Å²) in [4.78, 5) is 14.0. The molecule has 0 bridgehead atoms. The van der Waals surface area contributed by atoms with Gasteiger partial charge in [-0.25, -0.2) is 4.68 Å². The summed E-state index contributed by atoms with van der Waals surface area (Å²) in [7, 11) is 3.60. The maximum absolute atomic E-state index is 12.1. The zero-order valence-electron chi connectivity index (χ0n) is 13.2. The van der Waals surface area contributed by atoms with E-state index in [1.165, 1.54) is 17.5 Å². The highest BCUT2D eigenvalue weighted by molar-refractivity contribution is 5.41. The lowest BCUT2D eigenvalue weighted by atomic mass is 10.2. The molecule has 6 heteroatoms. The van der Waals surface area contributed by atoms with Gasteiger partial charge in [-0.15, -0.1) is 0 Å². The van der Waals surface area contributed by atoms with Crippen LogP contribution in [0.25, 0.3) is 0 Å². The maximum atomic E-state index is 12.1. The van der Waals surface area contributed by atoms with E-state index in [9.17, 15) is 4.79 Å². The first kappa shape index (κ1) is 16.0. The summed E-state index contributed by atoms with van der Waals surface area (Å²) >= 11 is 0. The Hall–Kier alpha value is -1.40. The second kappa shape index (κ2) is 7.56. The smallest absolute Gasteiger partial charge is 0.268 e. The van der Waals surface area contributed by atoms with Crippen LogP contribution in [0.1, 0.15) is 19.8 Å². The average Bonchev–Trinajstić information content (AvgIpc) is 3.30. The molecule has 1 aliphatic rings. The molecule has 1 atom stereocenters. The molecule has 0 aliphatic heterocycles. The highest BCUT2D eigenvalue weighted by Crippen LogP contribution is 2.32. The van der Waals surface area contributed by atoms with Crippen molar-refractivity contribution in [3.05, 3.63) is 22.6 Å². The molecule has 1 aromatic heterocycles. The van der Waals surface area contributed by atoms with Crippen LogP contribution in [-0.4, -0.2) is 49.7 Å². The monoisotopic (exact) mass is 294 g/mol. The highest BCUT2D eigenvalue weighted by atomic mass is 16.5. The van der Waals surface area contributed by atoms with E-state index >= 15 is 0 Å². The number of nitrogens with one attached hydrogen (secondary N) is 1. The summed E-state index contributed by atoms with van der Waals surface area (Å²) < 4.78 is 6.55. The van der Waals surface area contributed by atoms with Crippen LogP contribution in [0.3, 0.4) is 0 Å². The molecule has 0 spiro atoms. The Kier molecular flexibility index (Phi) is 5.76. The van der Waals surface area contributed by atoms with Crippen molar-refractivity contribution in [2.45, 2.75) is 32.4 Å². The Morgan fingerprint density at radius 1 is 1.57 bits per heavy atom. The molecule has 0 amide bonds. The van der Waals surface area contributed by atoms with Crippen molar-refractivity contribution in [3.63, 3.8) is 0 Å². The van der Waals surface area contributed by atoms with Gasteiger partial charge in [-0.05, 0) is 25.7 Å². The summed E-state index contributed by atoms with van der Waals surface area (Å²) in [5, 5.41) is 7.71. The maximum Gasteiger partial charge on any atom is 0.268 e. The number of hydrogen-bond acceptors (Lipinski definition) is 5. The molecule has 1 heterocycles. The van der Waals surface area contributed by atoms with Crippen LogP contribution in [0.2, 0.25) is 0 Å². The van der Waals surface area contributed by atoms with E-state index in [0.717, 1.165) is 24.7 Å². The fourth-order valence-electron chi connectivity index (χ4n) is 2.32. The number of hydrogen-bond donors (Lipinski definition) is 1. The minimum absolute atomic E-state index is 0.0577. The van der Waals surface area contributed by atoms with Gasteiger partial charge in [-0.1, -0.05) is 0 Å². The van der Waals surface area contributed by atoms with Crippen LogP contribution >= 0.6 is 0 Å². The number of anilines is 1. The quantitative estimate of drug-likeness (QED) is 0.727. The van der Waals surface area contributed by atoms with Crippen LogP contribution < -0.4 is 15.8 Å². The van der Waals surface area contributed by atoms with Crippen molar-refractivity contribution < 1.29 is 4.74 Å². The van der Waals surface area contributed by atoms with Gasteiger partial charge in [-0.3, -0.25) is 4.79 Å². The Morgan fingerprint density at radius 2 is 2.33 bits per heavy atom. The molecule has 1 N–H and O–H groups in total. The average molecular weight is 294 g/mol. The van der Waals surface area contributed by atoms with Crippen LogP contribution in [0, 0.1) is 5.92 Å². The van der Waals surface area contributed by atoms with Gasteiger partial charge < -0.3 is 15.0 Å². The van der Waals surface area contributed by atoms with Crippen molar-refractivity contribution in [3.8, 4) is 0 Å². The van der Waals surface area contributed by atoms with Crippen LogP contribution in [0.4, 0.5) is 5.69 Å². The molecule has 0 aromatic carbocycles. The van der Waals surface area contributed by atoms with Gasteiger partial charge in [0.1, 0.15) is 0 Å². The molecule has 1 saturated carbocycles. The van der Waals surface area contributed by atoms with Crippen LogP contribution in [-0.2, 0) is 11.3 Å². The predicted octanol–water partition coefficient (Wildman–Crippen LogP) is 0.714. The first-order valence-corrected chi connectivity index (χ1v) is 7.62. The summed E-state index contributed by atoms with van der Waals surface area (Å²) in [5.74, 6) is 0.825. The topological polar surface area (TPSA) is 59.4 Å². The molecule has 1 aliphatic carbocycles. The van der Waals surface area contributed by atoms with E-state index < -0.39 is 0 Å². The van der Waals surface area contributed by atoms with Gasteiger partial charge in [0.2, 0.25) is 0 Å². The molecule has 0 saturated heterocycles. The van der Waals surface area contributed by atoms with E-state index in [0.29, 0.717) is 19.2 Å². The summed E-state index contributed by atoms with van der Waals surface area (Å²) in [5.41, 5.74) is 0.769. The normalized spacial score (nSPS) is 16.0. The van der Waals surface area contributed by atoms with Gasteiger partial charge in [0, 0.05) is 39.4 Å². The number of likely N-dealkylation sites (N-methyl/N-ethyl adjacent to an activating group) is 1. The standard InChI is InChI=1S/C15H26N4O2/c1-12(13-4-5-13)16-6-7-19-15(20)10-14(11-17-19)18(2)8-9-21-3/h10-13,16H,4-9H2,1-3H3. The van der Waals surface area contributed by atoms with E-state index in [2.05, 4.69) is 17.3 Å². The molecule has 118 valence electrons. The third-order valence-electron chi connectivity index (χ3n) is 4.05. The number of nitrogens with zero attached hydrogens (tertiary/aromatic N) is 3. The van der Waals surface area contributed by atoms with Crippen molar-refractivity contribution >= 4 is 5.69 Å². The van der Waals surface area contributed by atoms with Crippen molar-refractivity contribution in [2.75, 3.05) is 38.8 Å². The first-order valence-electron chi connectivity index (χ1n) is 7.62. The van der Waals surface area contributed by atoms with Crippen molar-refractivity contribution in [2.24, 2.45) is 5.92 Å². The number of ether oxygens (including phenoxy) is 1. The fourth-order valence-corrected chi connectivity index (χ4v) is 2.32. The molecule has 0 radical (unpaired) electrons. The molecule has 1 aromatic rings. The molecule has 6 nitrogen and oxygen atoms in total. The number of rotatable bonds is 9. The Balaban J connectivity index is 1.84. The highest BCUT2D eigenvalue weighted by Gasteiger charge is 2.27. The second-order valence-electron chi connectivity index (χ2n) is 5.77. The number of methoxy groups -OCH3 is 1. The lowest BCUT2D eigenvalue weighted by Gasteiger charge is -2.18. The summed E-state index contributed by atoms with van der Waals surface area (Å²) in [6.45, 7) is 4.97. The lowest BCUT2D eigenvalue weighted by molar-refractivity contribution is 0.206. The molecule has 21 heavy (non-hydrogen) atoms. The summed E-state index contributed by atoms with van der Waals surface area (Å²) in [6.07, 6.45) is 4.39. The van der Waals surface area contributed by atoms with Crippen LogP contribution in [0.5, 0.6) is 0 Å². The van der Waals surface area contributed by atoms with E-state index in [1.54, 1.807) is 19.4 Å². The minimum Gasteiger partial charge on any atom is -0.383 e. The minimum atomic E-state index is -0.0577. The molecule has 1 fully saturated rings. The molecular formula is C15H26N4O2. The van der Waals surface area contributed by atoms with Crippen LogP contribution in [0.15, 0.2) is 17.1 Å². The fraction of sp³-hybridized carbons (Fsp3) is 0.733. The third-order valence-corrected chi connectivity index (χ3v) is 4.05. The van der Waals surface area contributed by atoms with Crippen molar-refractivity contribution in [1.82, 2.24) is 15.1 Å². The Labute approximate surface area is 126 Å². The van der Waals surface area contributed by atoms with Crippen molar-refractivity contribution in [1.29, 1.82) is 0 Å². The Bertz CT molecular complexity index is 499. The summed E-state index contributed by atoms with van der Waals surface area (Å²) in [6, 6.07) is 2.17. The SMILES string of the molecule is COCCN(C)c1cnn(CCNC(C)C2CC2)c(=O)c1. The van der Waals surface area contributed by atoms with E-state index in [-0.39, 0.29) is 5.56 Å². The number of aromatic nitrogens is 2. The molecular weight excluding hydrogens is 268 g/mol. The zero-order valence-corrected chi connectivity index (χ0v) is 13.2. The largest absolute Gasteiger partial charge is 0.383 e. The molecule has 2 rings (SSSR count). The Morgan fingerprint density at radius 3 is 2.95 bits per heavy atom. The van der Waals surface area contributed by atoms with Gasteiger partial charge in [0.05, 0.1) is 25.0 Å². The van der Waals surface area contributed by atoms with E-state index in [1.807, 2.05) is 11.9 Å².